The van der Waals surface area contributed by atoms with Crippen molar-refractivity contribution in [2.75, 3.05) is 6.54 Å². The van der Waals surface area contributed by atoms with Crippen molar-refractivity contribution < 1.29 is 4.79 Å². The zero-order valence-electron chi connectivity index (χ0n) is 14.0. The molecule has 1 aromatic carbocycles. The Morgan fingerprint density at radius 1 is 1.12 bits per heavy atom. The molecule has 126 valence electrons. The van der Waals surface area contributed by atoms with Gasteiger partial charge in [-0.15, -0.1) is 0 Å². The van der Waals surface area contributed by atoms with Crippen LogP contribution >= 0.6 is 0 Å². The summed E-state index contributed by atoms with van der Waals surface area (Å²) in [6.45, 7) is 1.67. The van der Waals surface area contributed by atoms with Gasteiger partial charge in [-0.25, -0.2) is 9.67 Å². The SMILES string of the molecule is O=C(C1CC1)N1CCCC[C@H]1c1ncnn1CCc1ccccc1. The maximum absolute atomic E-state index is 12.6. The van der Waals surface area contributed by atoms with E-state index in [4.69, 9.17) is 0 Å². The van der Waals surface area contributed by atoms with Gasteiger partial charge in [-0.3, -0.25) is 4.79 Å². The number of aromatic nitrogens is 3. The number of carbonyl (C=O) groups excluding carboxylic acids is 1. The van der Waals surface area contributed by atoms with E-state index < -0.39 is 0 Å². The summed E-state index contributed by atoms with van der Waals surface area (Å²) in [5.41, 5.74) is 1.30. The van der Waals surface area contributed by atoms with Gasteiger partial charge in [0.05, 0.1) is 6.04 Å². The van der Waals surface area contributed by atoms with Gasteiger partial charge in [-0.2, -0.15) is 5.10 Å². The van der Waals surface area contributed by atoms with Crippen LogP contribution in [0.3, 0.4) is 0 Å². The highest BCUT2D eigenvalue weighted by Gasteiger charge is 2.39. The lowest BCUT2D eigenvalue weighted by atomic mass is 10.0. The molecule has 5 heteroatoms. The fourth-order valence-corrected chi connectivity index (χ4v) is 3.61. The molecule has 0 radical (unpaired) electrons. The Hall–Kier alpha value is -2.17. The number of likely N-dealkylation sites (tertiary alicyclic amines) is 1. The van der Waals surface area contributed by atoms with Crippen LogP contribution in [0.15, 0.2) is 36.7 Å². The number of nitrogens with zero attached hydrogens (tertiary/aromatic N) is 4. The molecule has 1 atom stereocenters. The molecule has 5 nitrogen and oxygen atoms in total. The molecule has 0 spiro atoms. The lowest BCUT2D eigenvalue weighted by Gasteiger charge is -2.35. The van der Waals surface area contributed by atoms with E-state index in [1.165, 1.54) is 5.56 Å². The fraction of sp³-hybridized carbons (Fsp3) is 0.526. The van der Waals surface area contributed by atoms with E-state index in [0.717, 1.165) is 57.4 Å². The number of benzene rings is 1. The van der Waals surface area contributed by atoms with Crippen LogP contribution in [0.25, 0.3) is 0 Å². The minimum Gasteiger partial charge on any atom is -0.332 e. The fourth-order valence-electron chi connectivity index (χ4n) is 3.61. The lowest BCUT2D eigenvalue weighted by Crippen LogP contribution is -2.40. The topological polar surface area (TPSA) is 51.0 Å². The zero-order valence-corrected chi connectivity index (χ0v) is 14.0. The van der Waals surface area contributed by atoms with Crippen LogP contribution in [-0.2, 0) is 17.8 Å². The first-order valence-electron chi connectivity index (χ1n) is 9.05. The van der Waals surface area contributed by atoms with E-state index in [0.29, 0.717) is 5.91 Å². The molecule has 2 heterocycles. The highest BCUT2D eigenvalue weighted by Crippen LogP contribution is 2.37. The third-order valence-electron chi connectivity index (χ3n) is 5.11. The van der Waals surface area contributed by atoms with Crippen LogP contribution in [0.5, 0.6) is 0 Å². The molecule has 0 N–H and O–H groups in total. The summed E-state index contributed by atoms with van der Waals surface area (Å²) >= 11 is 0. The highest BCUT2D eigenvalue weighted by molar-refractivity contribution is 5.81. The summed E-state index contributed by atoms with van der Waals surface area (Å²) in [7, 11) is 0. The van der Waals surface area contributed by atoms with Crippen molar-refractivity contribution in [1.82, 2.24) is 19.7 Å². The van der Waals surface area contributed by atoms with Gasteiger partial charge in [-0.05, 0) is 44.1 Å². The average molecular weight is 324 g/mol. The quantitative estimate of drug-likeness (QED) is 0.849. The van der Waals surface area contributed by atoms with Gasteiger partial charge >= 0.3 is 0 Å². The van der Waals surface area contributed by atoms with Crippen molar-refractivity contribution in [3.05, 3.63) is 48.0 Å². The Labute approximate surface area is 142 Å². The number of carbonyl (C=O) groups is 1. The molecule has 2 fully saturated rings. The van der Waals surface area contributed by atoms with E-state index in [-0.39, 0.29) is 12.0 Å². The maximum atomic E-state index is 12.6. The van der Waals surface area contributed by atoms with Gasteiger partial charge in [0.1, 0.15) is 12.2 Å². The molecule has 1 saturated heterocycles. The molecule has 0 unspecified atom stereocenters. The molecule has 24 heavy (non-hydrogen) atoms. The number of piperidine rings is 1. The molecule has 1 aliphatic heterocycles. The second kappa shape index (κ2) is 6.75. The van der Waals surface area contributed by atoms with E-state index in [1.54, 1.807) is 6.33 Å². The smallest absolute Gasteiger partial charge is 0.226 e. The van der Waals surface area contributed by atoms with Crippen LogP contribution in [0, 0.1) is 5.92 Å². The molecule has 1 aliphatic carbocycles. The van der Waals surface area contributed by atoms with Crippen molar-refractivity contribution in [3.8, 4) is 0 Å². The van der Waals surface area contributed by atoms with Crippen LogP contribution in [-0.4, -0.2) is 32.1 Å². The molecule has 2 aromatic rings. The van der Waals surface area contributed by atoms with E-state index in [2.05, 4.69) is 39.2 Å². The third kappa shape index (κ3) is 3.21. The largest absolute Gasteiger partial charge is 0.332 e. The first kappa shape index (κ1) is 15.4. The molecule has 4 rings (SSSR count). The summed E-state index contributed by atoms with van der Waals surface area (Å²) < 4.78 is 2.00. The Morgan fingerprint density at radius 2 is 1.96 bits per heavy atom. The zero-order chi connectivity index (χ0) is 16.4. The third-order valence-corrected chi connectivity index (χ3v) is 5.11. The Bertz CT molecular complexity index is 692. The number of rotatable bonds is 5. The molecule has 1 amide bonds. The summed E-state index contributed by atoms with van der Waals surface area (Å²) in [6, 6.07) is 10.5. The first-order valence-corrected chi connectivity index (χ1v) is 9.05. The lowest BCUT2D eigenvalue weighted by molar-refractivity contribution is -0.136. The molecule has 1 aromatic heterocycles. The van der Waals surface area contributed by atoms with Crippen molar-refractivity contribution in [3.63, 3.8) is 0 Å². The molecular weight excluding hydrogens is 300 g/mol. The predicted octanol–water partition coefficient (Wildman–Crippen LogP) is 2.98. The Balaban J connectivity index is 1.50. The van der Waals surface area contributed by atoms with Gasteiger partial charge in [0.15, 0.2) is 0 Å². The summed E-state index contributed by atoms with van der Waals surface area (Å²) in [4.78, 5) is 19.2. The average Bonchev–Trinajstić information content (AvgIpc) is 3.38. The standard InChI is InChI=1S/C19H24N4O/c24-19(16-9-10-16)22-12-5-4-8-17(22)18-20-14-21-23(18)13-11-15-6-2-1-3-7-15/h1-3,6-7,14,16-17H,4-5,8-13H2/t17-/m0/s1. The minimum atomic E-state index is 0.102. The van der Waals surface area contributed by atoms with Crippen molar-refractivity contribution in [2.24, 2.45) is 5.92 Å². The number of hydrogen-bond acceptors (Lipinski definition) is 3. The van der Waals surface area contributed by atoms with E-state index >= 15 is 0 Å². The van der Waals surface area contributed by atoms with Gasteiger partial charge in [0, 0.05) is 19.0 Å². The second-order valence-corrected chi connectivity index (χ2v) is 6.89. The van der Waals surface area contributed by atoms with Gasteiger partial charge in [0.2, 0.25) is 5.91 Å². The van der Waals surface area contributed by atoms with Crippen molar-refractivity contribution >= 4 is 5.91 Å². The second-order valence-electron chi connectivity index (χ2n) is 6.89. The number of aryl methyl sites for hydroxylation is 2. The normalized spacial score (nSPS) is 21.0. The van der Waals surface area contributed by atoms with E-state index in [1.807, 2.05) is 10.7 Å². The molecule has 2 aliphatic rings. The molecular formula is C19H24N4O. The monoisotopic (exact) mass is 324 g/mol. The van der Waals surface area contributed by atoms with Crippen LogP contribution in [0.4, 0.5) is 0 Å². The van der Waals surface area contributed by atoms with E-state index in [9.17, 15) is 4.79 Å². The van der Waals surface area contributed by atoms with Crippen molar-refractivity contribution in [1.29, 1.82) is 0 Å². The summed E-state index contributed by atoms with van der Waals surface area (Å²) in [5.74, 6) is 1.56. The van der Waals surface area contributed by atoms with Gasteiger partial charge in [0.25, 0.3) is 0 Å². The van der Waals surface area contributed by atoms with Crippen LogP contribution in [0.1, 0.15) is 49.5 Å². The summed E-state index contributed by atoms with van der Waals surface area (Å²) in [6.07, 6.45) is 7.95. The van der Waals surface area contributed by atoms with Crippen LogP contribution in [0.2, 0.25) is 0 Å². The van der Waals surface area contributed by atoms with Gasteiger partial charge in [-0.1, -0.05) is 30.3 Å². The molecule has 0 bridgehead atoms. The predicted molar refractivity (Wildman–Crippen MR) is 91.2 cm³/mol. The minimum absolute atomic E-state index is 0.102. The van der Waals surface area contributed by atoms with Crippen molar-refractivity contribution in [2.45, 2.75) is 51.1 Å². The first-order chi connectivity index (χ1) is 11.8. The molecule has 1 saturated carbocycles. The number of amides is 1. The number of hydrogen-bond donors (Lipinski definition) is 0. The van der Waals surface area contributed by atoms with Gasteiger partial charge < -0.3 is 4.90 Å². The Morgan fingerprint density at radius 3 is 2.75 bits per heavy atom. The van der Waals surface area contributed by atoms with Crippen LogP contribution < -0.4 is 0 Å². The summed E-state index contributed by atoms with van der Waals surface area (Å²) in [5, 5.41) is 4.43. The highest BCUT2D eigenvalue weighted by atomic mass is 16.2. The maximum Gasteiger partial charge on any atom is 0.226 e. The Kier molecular flexibility index (Phi) is 4.32.